The van der Waals surface area contributed by atoms with Gasteiger partial charge in [-0.3, -0.25) is 9.79 Å². The van der Waals surface area contributed by atoms with Gasteiger partial charge in [0, 0.05) is 6.42 Å². The number of nitrogens with one attached hydrogen (secondary N) is 1. The summed E-state index contributed by atoms with van der Waals surface area (Å²) in [4.78, 5) is 18.1. The smallest absolute Gasteiger partial charge is 0.156 e. The molecular formula is C12H23N3O. The molecule has 0 saturated carbocycles. The fourth-order valence-corrected chi connectivity index (χ4v) is 1.83. The Balaban J connectivity index is 2.03. The number of hydrogen-bond donors (Lipinski definition) is 1. The predicted octanol–water partition coefficient (Wildman–Crippen LogP) is 1.07. The Morgan fingerprint density at radius 3 is 2.75 bits per heavy atom. The minimum absolute atomic E-state index is 0.0474. The molecule has 1 unspecified atom stereocenters. The SMILES string of the molecule is CC1=NCC(C(=O)CCCCCN(C)C)N1. The molecule has 92 valence electrons. The third-order valence-electron chi connectivity index (χ3n) is 2.81. The van der Waals surface area contributed by atoms with Gasteiger partial charge in [0.15, 0.2) is 5.78 Å². The van der Waals surface area contributed by atoms with Gasteiger partial charge in [0.2, 0.25) is 0 Å². The summed E-state index contributed by atoms with van der Waals surface area (Å²) in [6, 6.07) is -0.0474. The highest BCUT2D eigenvalue weighted by atomic mass is 16.1. The average molecular weight is 225 g/mol. The van der Waals surface area contributed by atoms with Gasteiger partial charge in [-0.1, -0.05) is 6.42 Å². The summed E-state index contributed by atoms with van der Waals surface area (Å²) in [5.74, 6) is 1.21. The van der Waals surface area contributed by atoms with Crippen molar-refractivity contribution in [1.82, 2.24) is 10.2 Å². The van der Waals surface area contributed by atoms with Crippen LogP contribution in [-0.2, 0) is 4.79 Å². The molecule has 1 heterocycles. The molecule has 0 aromatic carbocycles. The first-order valence-electron chi connectivity index (χ1n) is 6.04. The number of nitrogens with zero attached hydrogens (tertiary/aromatic N) is 2. The van der Waals surface area contributed by atoms with Crippen molar-refractivity contribution in [1.29, 1.82) is 0 Å². The number of unbranched alkanes of at least 4 members (excludes halogenated alkanes) is 2. The van der Waals surface area contributed by atoms with Crippen molar-refractivity contribution in [3.63, 3.8) is 0 Å². The molecule has 0 aromatic rings. The van der Waals surface area contributed by atoms with E-state index < -0.39 is 0 Å². The molecule has 0 saturated heterocycles. The zero-order valence-electron chi connectivity index (χ0n) is 10.6. The van der Waals surface area contributed by atoms with Gasteiger partial charge in [0.25, 0.3) is 0 Å². The van der Waals surface area contributed by atoms with Crippen LogP contribution in [0.5, 0.6) is 0 Å². The van der Waals surface area contributed by atoms with E-state index in [9.17, 15) is 4.79 Å². The van der Waals surface area contributed by atoms with Crippen molar-refractivity contribution in [3.8, 4) is 0 Å². The molecule has 1 rings (SSSR count). The number of Topliss-reactive ketones (excluding diaryl/α,β-unsaturated/α-hetero) is 1. The van der Waals surface area contributed by atoms with Crippen LogP contribution in [0.3, 0.4) is 0 Å². The highest BCUT2D eigenvalue weighted by Gasteiger charge is 2.21. The van der Waals surface area contributed by atoms with E-state index >= 15 is 0 Å². The first-order valence-corrected chi connectivity index (χ1v) is 6.04. The topological polar surface area (TPSA) is 44.7 Å². The lowest BCUT2D eigenvalue weighted by Gasteiger charge is -2.10. The summed E-state index contributed by atoms with van der Waals surface area (Å²) in [6.45, 7) is 3.64. The van der Waals surface area contributed by atoms with Gasteiger partial charge in [-0.25, -0.2) is 0 Å². The van der Waals surface area contributed by atoms with Crippen LogP contribution in [-0.4, -0.2) is 49.7 Å². The standard InChI is InChI=1S/C12H23N3O/c1-10-13-9-11(14-10)12(16)7-5-4-6-8-15(2)3/h11H,4-9H2,1-3H3,(H,13,14). The van der Waals surface area contributed by atoms with Crippen LogP contribution in [0.4, 0.5) is 0 Å². The molecule has 1 aliphatic rings. The Hall–Kier alpha value is -0.900. The Morgan fingerprint density at radius 1 is 1.44 bits per heavy atom. The number of carbonyl (C=O) groups excluding carboxylic acids is 1. The number of amidine groups is 1. The van der Waals surface area contributed by atoms with Crippen molar-refractivity contribution in [3.05, 3.63) is 0 Å². The molecule has 4 heteroatoms. The third-order valence-corrected chi connectivity index (χ3v) is 2.81. The summed E-state index contributed by atoms with van der Waals surface area (Å²) >= 11 is 0. The molecule has 0 bridgehead atoms. The monoisotopic (exact) mass is 225 g/mol. The molecule has 4 nitrogen and oxygen atoms in total. The third kappa shape index (κ3) is 4.75. The number of ketones is 1. The maximum Gasteiger partial charge on any atom is 0.156 e. The van der Waals surface area contributed by atoms with E-state index in [-0.39, 0.29) is 6.04 Å². The van der Waals surface area contributed by atoms with Crippen molar-refractivity contribution in [2.45, 2.75) is 38.6 Å². The van der Waals surface area contributed by atoms with Gasteiger partial charge in [-0.15, -0.1) is 0 Å². The maximum absolute atomic E-state index is 11.7. The number of aliphatic imine (C=N–C) groups is 1. The van der Waals surface area contributed by atoms with Crippen LogP contribution in [0.25, 0.3) is 0 Å². The fourth-order valence-electron chi connectivity index (χ4n) is 1.83. The van der Waals surface area contributed by atoms with E-state index in [1.165, 1.54) is 6.42 Å². The molecule has 1 N–H and O–H groups in total. The molecule has 1 aliphatic heterocycles. The Bertz CT molecular complexity index is 261. The summed E-state index contributed by atoms with van der Waals surface area (Å²) in [5.41, 5.74) is 0. The van der Waals surface area contributed by atoms with E-state index in [1.54, 1.807) is 0 Å². The van der Waals surface area contributed by atoms with Crippen molar-refractivity contribution >= 4 is 11.6 Å². The Morgan fingerprint density at radius 2 is 2.19 bits per heavy atom. The predicted molar refractivity (Wildman–Crippen MR) is 66.9 cm³/mol. The van der Waals surface area contributed by atoms with Crippen LogP contribution < -0.4 is 5.32 Å². The van der Waals surface area contributed by atoms with Gasteiger partial charge < -0.3 is 10.2 Å². The summed E-state index contributed by atoms with van der Waals surface area (Å²) in [7, 11) is 4.15. The highest BCUT2D eigenvalue weighted by Crippen LogP contribution is 2.06. The molecule has 0 radical (unpaired) electrons. The van der Waals surface area contributed by atoms with E-state index in [1.807, 2.05) is 6.92 Å². The van der Waals surface area contributed by atoms with Crippen LogP contribution >= 0.6 is 0 Å². The number of carbonyl (C=O) groups is 1. The minimum Gasteiger partial charge on any atom is -0.363 e. The largest absolute Gasteiger partial charge is 0.363 e. The molecule has 16 heavy (non-hydrogen) atoms. The Labute approximate surface area is 98.1 Å². The zero-order valence-corrected chi connectivity index (χ0v) is 10.6. The average Bonchev–Trinajstić information content (AvgIpc) is 2.63. The van der Waals surface area contributed by atoms with Gasteiger partial charge in [-0.05, 0) is 40.4 Å². The summed E-state index contributed by atoms with van der Waals surface area (Å²) in [6.07, 6.45) is 4.00. The molecule has 0 amide bonds. The van der Waals surface area contributed by atoms with E-state index in [0.717, 1.165) is 25.2 Å². The molecule has 0 spiro atoms. The first kappa shape index (κ1) is 13.2. The lowest BCUT2D eigenvalue weighted by molar-refractivity contribution is -0.120. The first-order chi connectivity index (χ1) is 7.59. The van der Waals surface area contributed by atoms with Crippen molar-refractivity contribution in [2.75, 3.05) is 27.2 Å². The maximum atomic E-state index is 11.7. The Kier molecular flexibility index (Phi) is 5.46. The second-order valence-electron chi connectivity index (χ2n) is 4.70. The van der Waals surface area contributed by atoms with Crippen molar-refractivity contribution < 1.29 is 4.79 Å². The second kappa shape index (κ2) is 6.63. The fraction of sp³-hybridized carbons (Fsp3) is 0.833. The van der Waals surface area contributed by atoms with Crippen LogP contribution in [0.1, 0.15) is 32.6 Å². The minimum atomic E-state index is -0.0474. The lowest BCUT2D eigenvalue weighted by atomic mass is 10.1. The van der Waals surface area contributed by atoms with Gasteiger partial charge in [0.05, 0.1) is 12.4 Å². The molecular weight excluding hydrogens is 202 g/mol. The van der Waals surface area contributed by atoms with Crippen molar-refractivity contribution in [2.24, 2.45) is 4.99 Å². The van der Waals surface area contributed by atoms with Crippen LogP contribution in [0, 0.1) is 0 Å². The molecule has 0 fully saturated rings. The molecule has 0 aromatic heterocycles. The quantitative estimate of drug-likeness (QED) is 0.659. The molecule has 1 atom stereocenters. The van der Waals surface area contributed by atoms with Gasteiger partial charge in [0.1, 0.15) is 6.04 Å². The number of rotatable bonds is 7. The second-order valence-corrected chi connectivity index (χ2v) is 4.70. The van der Waals surface area contributed by atoms with E-state index in [4.69, 9.17) is 0 Å². The molecule has 0 aliphatic carbocycles. The lowest BCUT2D eigenvalue weighted by Crippen LogP contribution is -2.36. The summed E-state index contributed by atoms with van der Waals surface area (Å²) in [5, 5.41) is 3.10. The number of hydrogen-bond acceptors (Lipinski definition) is 4. The highest BCUT2D eigenvalue weighted by molar-refractivity contribution is 5.92. The zero-order chi connectivity index (χ0) is 12.0. The van der Waals surface area contributed by atoms with E-state index in [0.29, 0.717) is 18.7 Å². The van der Waals surface area contributed by atoms with E-state index in [2.05, 4.69) is 29.3 Å². The normalized spacial score (nSPS) is 19.8. The summed E-state index contributed by atoms with van der Waals surface area (Å²) < 4.78 is 0. The van der Waals surface area contributed by atoms with Gasteiger partial charge >= 0.3 is 0 Å². The van der Waals surface area contributed by atoms with Crippen LogP contribution in [0.2, 0.25) is 0 Å². The van der Waals surface area contributed by atoms with Crippen LogP contribution in [0.15, 0.2) is 4.99 Å². The van der Waals surface area contributed by atoms with Gasteiger partial charge in [-0.2, -0.15) is 0 Å².